The van der Waals surface area contributed by atoms with Gasteiger partial charge in [0.15, 0.2) is 0 Å². The highest BCUT2D eigenvalue weighted by molar-refractivity contribution is 6.52. The third-order valence-electron chi connectivity index (χ3n) is 2.46. The van der Waals surface area contributed by atoms with Gasteiger partial charge in [-0.05, 0) is 32.0 Å². The standard InChI is InChI=1S/C11H12N2O2/c1-6(2)13-9-5-7(12)3-4-8(9)10(14)11(13)15/h3-6H,12H2,1-2H3. The van der Waals surface area contributed by atoms with Crippen molar-refractivity contribution in [2.75, 3.05) is 10.6 Å². The number of nitrogen functional groups attached to an aromatic ring is 1. The number of rotatable bonds is 1. The van der Waals surface area contributed by atoms with Crippen LogP contribution < -0.4 is 10.6 Å². The molecule has 4 heteroatoms. The number of carbonyl (C=O) groups excluding carboxylic acids is 2. The van der Waals surface area contributed by atoms with Gasteiger partial charge in [0.2, 0.25) is 0 Å². The van der Waals surface area contributed by atoms with Gasteiger partial charge in [0, 0.05) is 11.7 Å². The summed E-state index contributed by atoms with van der Waals surface area (Å²) in [4.78, 5) is 24.7. The molecule has 2 N–H and O–H groups in total. The molecule has 0 fully saturated rings. The Balaban J connectivity index is 2.62. The molecule has 0 spiro atoms. The van der Waals surface area contributed by atoms with E-state index >= 15 is 0 Å². The molecule has 0 atom stereocenters. The first kappa shape index (κ1) is 9.71. The molecule has 15 heavy (non-hydrogen) atoms. The molecule has 1 aromatic carbocycles. The van der Waals surface area contributed by atoms with Crippen LogP contribution in [0.2, 0.25) is 0 Å². The van der Waals surface area contributed by atoms with E-state index in [0.29, 0.717) is 16.9 Å². The molecule has 0 saturated heterocycles. The number of nitrogens with two attached hydrogens (primary N) is 1. The molecular weight excluding hydrogens is 192 g/mol. The van der Waals surface area contributed by atoms with Gasteiger partial charge in [0.25, 0.3) is 11.7 Å². The maximum atomic E-state index is 11.7. The molecule has 1 aliphatic rings. The quantitative estimate of drug-likeness (QED) is 0.552. The second-order valence-corrected chi connectivity index (χ2v) is 3.87. The summed E-state index contributed by atoms with van der Waals surface area (Å²) in [6.07, 6.45) is 0. The maximum Gasteiger partial charge on any atom is 0.299 e. The molecule has 0 unspecified atom stereocenters. The molecule has 2 rings (SSSR count). The van der Waals surface area contributed by atoms with Crippen molar-refractivity contribution in [1.29, 1.82) is 0 Å². The number of nitrogens with zero attached hydrogens (tertiary/aromatic N) is 1. The van der Waals surface area contributed by atoms with Gasteiger partial charge >= 0.3 is 0 Å². The highest BCUT2D eigenvalue weighted by atomic mass is 16.2. The lowest BCUT2D eigenvalue weighted by atomic mass is 10.1. The molecule has 78 valence electrons. The number of amides is 1. The van der Waals surface area contributed by atoms with E-state index in [-0.39, 0.29) is 6.04 Å². The number of anilines is 2. The van der Waals surface area contributed by atoms with Crippen LogP contribution in [0.5, 0.6) is 0 Å². The minimum absolute atomic E-state index is 0.0375. The minimum atomic E-state index is -0.467. The normalized spacial score (nSPS) is 15.0. The van der Waals surface area contributed by atoms with Crippen LogP contribution in [0.3, 0.4) is 0 Å². The Morgan fingerprint density at radius 3 is 2.53 bits per heavy atom. The van der Waals surface area contributed by atoms with E-state index in [0.717, 1.165) is 0 Å². The Kier molecular flexibility index (Phi) is 2.00. The fourth-order valence-electron chi connectivity index (χ4n) is 1.79. The van der Waals surface area contributed by atoms with Crippen LogP contribution in [0, 0.1) is 0 Å². The number of hydrogen-bond donors (Lipinski definition) is 1. The average molecular weight is 204 g/mol. The van der Waals surface area contributed by atoms with Gasteiger partial charge < -0.3 is 10.6 Å². The third-order valence-corrected chi connectivity index (χ3v) is 2.46. The molecular formula is C11H12N2O2. The molecule has 1 aromatic rings. The van der Waals surface area contributed by atoms with Crippen molar-refractivity contribution in [2.45, 2.75) is 19.9 Å². The van der Waals surface area contributed by atoms with E-state index in [1.54, 1.807) is 18.2 Å². The third kappa shape index (κ3) is 1.29. The number of fused-ring (bicyclic) bond motifs is 1. The summed E-state index contributed by atoms with van der Waals surface area (Å²) in [6.45, 7) is 3.73. The van der Waals surface area contributed by atoms with Gasteiger partial charge in [-0.25, -0.2) is 0 Å². The first-order valence-corrected chi connectivity index (χ1v) is 4.80. The molecule has 0 saturated carbocycles. The van der Waals surface area contributed by atoms with Crippen LogP contribution in [-0.2, 0) is 4.79 Å². The first-order chi connectivity index (χ1) is 7.02. The first-order valence-electron chi connectivity index (χ1n) is 4.80. The van der Waals surface area contributed by atoms with E-state index in [2.05, 4.69) is 0 Å². The van der Waals surface area contributed by atoms with Gasteiger partial charge in [0.05, 0.1) is 11.3 Å². The minimum Gasteiger partial charge on any atom is -0.399 e. The summed E-state index contributed by atoms with van der Waals surface area (Å²) >= 11 is 0. The second kappa shape index (κ2) is 3.08. The SMILES string of the molecule is CC(C)N1C(=O)C(=O)c2ccc(N)cc21. The van der Waals surface area contributed by atoms with Gasteiger partial charge in [-0.1, -0.05) is 0 Å². The zero-order valence-electron chi connectivity index (χ0n) is 8.65. The number of carbonyl (C=O) groups is 2. The van der Waals surface area contributed by atoms with E-state index in [1.165, 1.54) is 4.90 Å². The van der Waals surface area contributed by atoms with Crippen molar-refractivity contribution >= 4 is 23.1 Å². The van der Waals surface area contributed by atoms with Crippen molar-refractivity contribution in [3.63, 3.8) is 0 Å². The molecule has 0 aliphatic carbocycles. The maximum absolute atomic E-state index is 11.7. The molecule has 1 aliphatic heterocycles. The van der Waals surface area contributed by atoms with E-state index in [9.17, 15) is 9.59 Å². The van der Waals surface area contributed by atoms with Crippen LogP contribution in [0.25, 0.3) is 0 Å². The van der Waals surface area contributed by atoms with Gasteiger partial charge in [0.1, 0.15) is 0 Å². The summed E-state index contributed by atoms with van der Waals surface area (Å²) in [7, 11) is 0. The fraction of sp³-hybridized carbons (Fsp3) is 0.273. The largest absolute Gasteiger partial charge is 0.399 e. The molecule has 0 bridgehead atoms. The highest BCUT2D eigenvalue weighted by Gasteiger charge is 2.37. The number of Topliss-reactive ketones (excluding diaryl/α,β-unsaturated/α-hetero) is 1. The van der Waals surface area contributed by atoms with Gasteiger partial charge in [-0.3, -0.25) is 9.59 Å². The Morgan fingerprint density at radius 1 is 1.27 bits per heavy atom. The van der Waals surface area contributed by atoms with E-state index in [4.69, 9.17) is 5.73 Å². The lowest BCUT2D eigenvalue weighted by molar-refractivity contribution is -0.114. The predicted molar refractivity (Wildman–Crippen MR) is 57.8 cm³/mol. The molecule has 1 amide bonds. The van der Waals surface area contributed by atoms with Crippen LogP contribution >= 0.6 is 0 Å². The molecule has 0 aromatic heterocycles. The Hall–Kier alpha value is -1.84. The lowest BCUT2D eigenvalue weighted by Crippen LogP contribution is -2.35. The zero-order valence-corrected chi connectivity index (χ0v) is 8.65. The van der Waals surface area contributed by atoms with Gasteiger partial charge in [-0.2, -0.15) is 0 Å². The van der Waals surface area contributed by atoms with Crippen molar-refractivity contribution in [1.82, 2.24) is 0 Å². The Morgan fingerprint density at radius 2 is 1.93 bits per heavy atom. The summed E-state index contributed by atoms with van der Waals surface area (Å²) in [6, 6.07) is 4.86. The smallest absolute Gasteiger partial charge is 0.299 e. The van der Waals surface area contributed by atoms with Gasteiger partial charge in [-0.15, -0.1) is 0 Å². The molecule has 1 heterocycles. The van der Waals surface area contributed by atoms with Crippen molar-refractivity contribution in [3.05, 3.63) is 23.8 Å². The fourth-order valence-corrected chi connectivity index (χ4v) is 1.79. The number of ketones is 1. The van der Waals surface area contributed by atoms with Crippen molar-refractivity contribution in [3.8, 4) is 0 Å². The van der Waals surface area contributed by atoms with Crippen LogP contribution in [0.1, 0.15) is 24.2 Å². The van der Waals surface area contributed by atoms with E-state index in [1.807, 2.05) is 13.8 Å². The van der Waals surface area contributed by atoms with Crippen molar-refractivity contribution in [2.24, 2.45) is 0 Å². The summed E-state index contributed by atoms with van der Waals surface area (Å²) in [5.74, 6) is -0.913. The van der Waals surface area contributed by atoms with Crippen LogP contribution in [-0.4, -0.2) is 17.7 Å². The average Bonchev–Trinajstić information content (AvgIpc) is 2.39. The summed E-state index contributed by atoms with van der Waals surface area (Å²) in [5, 5.41) is 0. The highest BCUT2D eigenvalue weighted by Crippen LogP contribution is 2.32. The van der Waals surface area contributed by atoms with E-state index < -0.39 is 11.7 Å². The predicted octanol–water partition coefficient (Wildman–Crippen LogP) is 1.21. The van der Waals surface area contributed by atoms with Crippen LogP contribution in [0.4, 0.5) is 11.4 Å². The summed E-state index contributed by atoms with van der Waals surface area (Å²) < 4.78 is 0. The zero-order chi connectivity index (χ0) is 11.2. The number of hydrogen-bond acceptors (Lipinski definition) is 3. The number of benzene rings is 1. The lowest BCUT2D eigenvalue weighted by Gasteiger charge is -2.20. The topological polar surface area (TPSA) is 63.4 Å². The Bertz CT molecular complexity index is 452. The van der Waals surface area contributed by atoms with Crippen LogP contribution in [0.15, 0.2) is 18.2 Å². The monoisotopic (exact) mass is 204 g/mol. The second-order valence-electron chi connectivity index (χ2n) is 3.87. The van der Waals surface area contributed by atoms with Crippen molar-refractivity contribution < 1.29 is 9.59 Å². The Labute approximate surface area is 87.7 Å². The molecule has 4 nitrogen and oxygen atoms in total. The molecule has 0 radical (unpaired) electrons. The summed E-state index contributed by atoms with van der Waals surface area (Å²) in [5.41, 5.74) is 7.26.